The number of carbonyl (C=O) groups excluding carboxylic acids is 1. The topological polar surface area (TPSA) is 81.3 Å². The van der Waals surface area contributed by atoms with Gasteiger partial charge in [-0.3, -0.25) is 4.79 Å². The van der Waals surface area contributed by atoms with Crippen LogP contribution in [0.1, 0.15) is 42.6 Å². The van der Waals surface area contributed by atoms with E-state index in [0.717, 1.165) is 0 Å². The van der Waals surface area contributed by atoms with Crippen molar-refractivity contribution in [1.82, 2.24) is 9.97 Å². The number of nitrogens with zero attached hydrogens (tertiary/aromatic N) is 1. The lowest BCUT2D eigenvalue weighted by Gasteiger charge is -2.11. The van der Waals surface area contributed by atoms with E-state index >= 15 is 0 Å². The van der Waals surface area contributed by atoms with Crippen molar-refractivity contribution in [3.63, 3.8) is 0 Å². The van der Waals surface area contributed by atoms with Gasteiger partial charge < -0.3 is 14.5 Å². The molecule has 0 radical (unpaired) electrons. The maximum absolute atomic E-state index is 11.6. The minimum Gasteiger partial charge on any atom is -0.462 e. The van der Waals surface area contributed by atoms with Gasteiger partial charge >= 0.3 is 5.97 Å². The van der Waals surface area contributed by atoms with Crippen LogP contribution in [0.25, 0.3) is 0 Å². The van der Waals surface area contributed by atoms with E-state index in [0.29, 0.717) is 12.2 Å². The van der Waals surface area contributed by atoms with E-state index in [9.17, 15) is 9.59 Å². The van der Waals surface area contributed by atoms with Gasteiger partial charge in [0.25, 0.3) is 5.56 Å². The molecule has 6 nitrogen and oxygen atoms in total. The van der Waals surface area contributed by atoms with Crippen molar-refractivity contribution in [2.24, 2.45) is 0 Å². The third-order valence-electron chi connectivity index (χ3n) is 2.27. The molecule has 1 aromatic rings. The number of rotatable bonds is 5. The van der Waals surface area contributed by atoms with Crippen LogP contribution in [0.3, 0.4) is 0 Å². The molecule has 0 aliphatic rings. The maximum atomic E-state index is 11.6. The predicted molar refractivity (Wildman–Crippen MR) is 60.9 cm³/mol. The molecule has 0 aliphatic carbocycles. The highest BCUT2D eigenvalue weighted by Crippen LogP contribution is 2.14. The number of H-pyrrole nitrogens is 1. The molecule has 0 amide bonds. The number of hydrogen-bond donors (Lipinski definition) is 1. The van der Waals surface area contributed by atoms with Gasteiger partial charge in [0.1, 0.15) is 17.5 Å². The lowest BCUT2D eigenvalue weighted by Crippen LogP contribution is -2.23. The molecule has 17 heavy (non-hydrogen) atoms. The molecule has 1 unspecified atom stereocenters. The quantitative estimate of drug-likeness (QED) is 0.778. The van der Waals surface area contributed by atoms with Gasteiger partial charge in [0.15, 0.2) is 0 Å². The van der Waals surface area contributed by atoms with Gasteiger partial charge in [0.2, 0.25) is 0 Å². The van der Waals surface area contributed by atoms with Crippen LogP contribution in [-0.2, 0) is 9.47 Å². The number of aromatic amines is 1. The molecule has 6 heteroatoms. The van der Waals surface area contributed by atoms with Crippen molar-refractivity contribution in [2.45, 2.75) is 26.4 Å². The highest BCUT2D eigenvalue weighted by atomic mass is 16.5. The number of nitrogens with one attached hydrogen (secondary N) is 1. The van der Waals surface area contributed by atoms with Gasteiger partial charge in [0.05, 0.1) is 6.61 Å². The highest BCUT2D eigenvalue weighted by Gasteiger charge is 2.16. The molecule has 94 valence electrons. The van der Waals surface area contributed by atoms with E-state index in [1.165, 1.54) is 13.3 Å². The molecule has 0 bridgehead atoms. The van der Waals surface area contributed by atoms with Crippen LogP contribution in [-0.4, -0.2) is 29.7 Å². The zero-order valence-electron chi connectivity index (χ0n) is 10.1. The molecule has 0 aliphatic heterocycles. The Bertz CT molecular complexity index is 437. The Hall–Kier alpha value is -1.69. The van der Waals surface area contributed by atoms with E-state index in [4.69, 9.17) is 9.47 Å². The van der Waals surface area contributed by atoms with Crippen LogP contribution in [0.5, 0.6) is 0 Å². The third kappa shape index (κ3) is 3.13. The molecule has 1 rings (SSSR count). The number of hydrogen-bond acceptors (Lipinski definition) is 5. The van der Waals surface area contributed by atoms with Crippen LogP contribution in [0, 0.1) is 0 Å². The molecule has 1 N–H and O–H groups in total. The smallest absolute Gasteiger partial charge is 0.345 e. The van der Waals surface area contributed by atoms with Gasteiger partial charge in [0, 0.05) is 13.3 Å². The molecule has 0 aromatic carbocycles. The summed E-state index contributed by atoms with van der Waals surface area (Å²) < 4.78 is 9.87. The fraction of sp³-hybridized carbons (Fsp3) is 0.545. The van der Waals surface area contributed by atoms with E-state index in [1.807, 2.05) is 6.92 Å². The Morgan fingerprint density at radius 3 is 2.71 bits per heavy atom. The van der Waals surface area contributed by atoms with Crippen LogP contribution in [0.2, 0.25) is 0 Å². The minimum absolute atomic E-state index is 0.0958. The predicted octanol–water partition coefficient (Wildman–Crippen LogP) is 1.04. The first-order valence-electron chi connectivity index (χ1n) is 5.43. The van der Waals surface area contributed by atoms with Crippen molar-refractivity contribution < 1.29 is 14.3 Å². The molecule has 0 fully saturated rings. The molecule has 0 spiro atoms. The normalized spacial score (nSPS) is 12.2. The van der Waals surface area contributed by atoms with E-state index in [1.54, 1.807) is 6.92 Å². The number of ether oxygens (including phenoxy) is 2. The SMILES string of the molecule is CCOC(=O)c1cnc(C(CC)OC)[nH]c1=O. The van der Waals surface area contributed by atoms with E-state index in [-0.39, 0.29) is 18.3 Å². The van der Waals surface area contributed by atoms with Gasteiger partial charge in [-0.05, 0) is 13.3 Å². The fourth-order valence-electron chi connectivity index (χ4n) is 1.40. The van der Waals surface area contributed by atoms with E-state index < -0.39 is 11.5 Å². The van der Waals surface area contributed by atoms with Crippen LogP contribution in [0.4, 0.5) is 0 Å². The second-order valence-corrected chi connectivity index (χ2v) is 3.36. The summed E-state index contributed by atoms with van der Waals surface area (Å²) in [6, 6.07) is 0. The molecule has 1 aromatic heterocycles. The minimum atomic E-state index is -0.668. The van der Waals surface area contributed by atoms with Crippen molar-refractivity contribution in [1.29, 1.82) is 0 Å². The Morgan fingerprint density at radius 1 is 1.53 bits per heavy atom. The Labute approximate surface area is 99.0 Å². The standard InChI is InChI=1S/C11H16N2O4/c1-4-8(16-3)9-12-6-7(10(14)13-9)11(15)17-5-2/h6,8H,4-5H2,1-3H3,(H,12,13,14). The summed E-state index contributed by atoms with van der Waals surface area (Å²) in [5.74, 6) is -0.258. The first-order valence-corrected chi connectivity index (χ1v) is 5.43. The third-order valence-corrected chi connectivity index (χ3v) is 2.27. The summed E-state index contributed by atoms with van der Waals surface area (Å²) in [5.41, 5.74) is -0.606. The first-order chi connectivity index (χ1) is 8.13. The van der Waals surface area contributed by atoms with Crippen molar-refractivity contribution >= 4 is 5.97 Å². The molecule has 1 heterocycles. The lowest BCUT2D eigenvalue weighted by atomic mass is 10.2. The molecule has 0 saturated heterocycles. The monoisotopic (exact) mass is 240 g/mol. The van der Waals surface area contributed by atoms with Crippen LogP contribution in [0.15, 0.2) is 11.0 Å². The largest absolute Gasteiger partial charge is 0.462 e. The average molecular weight is 240 g/mol. The maximum Gasteiger partial charge on any atom is 0.345 e. The van der Waals surface area contributed by atoms with E-state index in [2.05, 4.69) is 9.97 Å². The zero-order valence-corrected chi connectivity index (χ0v) is 10.1. The van der Waals surface area contributed by atoms with Gasteiger partial charge in [-0.25, -0.2) is 9.78 Å². The molecular formula is C11H16N2O4. The number of methoxy groups -OCH3 is 1. The highest BCUT2D eigenvalue weighted by molar-refractivity contribution is 5.88. The summed E-state index contributed by atoms with van der Waals surface area (Å²) in [6.45, 7) is 3.80. The van der Waals surface area contributed by atoms with Crippen molar-refractivity contribution in [2.75, 3.05) is 13.7 Å². The summed E-state index contributed by atoms with van der Waals surface area (Å²) in [5, 5.41) is 0. The second-order valence-electron chi connectivity index (χ2n) is 3.36. The summed E-state index contributed by atoms with van der Waals surface area (Å²) in [6.07, 6.45) is 1.62. The Kier molecular flexibility index (Phi) is 4.84. The summed E-state index contributed by atoms with van der Waals surface area (Å²) in [7, 11) is 1.54. The number of aromatic nitrogens is 2. The Morgan fingerprint density at radius 2 is 2.24 bits per heavy atom. The van der Waals surface area contributed by atoms with Crippen molar-refractivity contribution in [3.8, 4) is 0 Å². The zero-order chi connectivity index (χ0) is 12.8. The molecule has 0 saturated carbocycles. The number of carbonyl (C=O) groups is 1. The molecular weight excluding hydrogens is 224 g/mol. The Balaban J connectivity index is 3.01. The van der Waals surface area contributed by atoms with Crippen LogP contribution >= 0.6 is 0 Å². The average Bonchev–Trinajstić information content (AvgIpc) is 2.31. The van der Waals surface area contributed by atoms with Gasteiger partial charge in [-0.15, -0.1) is 0 Å². The summed E-state index contributed by atoms with van der Waals surface area (Å²) >= 11 is 0. The fourth-order valence-corrected chi connectivity index (χ4v) is 1.40. The number of esters is 1. The summed E-state index contributed by atoms with van der Waals surface area (Å²) in [4.78, 5) is 29.5. The molecule has 1 atom stereocenters. The van der Waals surface area contributed by atoms with Gasteiger partial charge in [-0.2, -0.15) is 0 Å². The second kappa shape index (κ2) is 6.15. The van der Waals surface area contributed by atoms with Crippen LogP contribution < -0.4 is 5.56 Å². The first kappa shape index (κ1) is 13.4. The van der Waals surface area contributed by atoms with Crippen molar-refractivity contribution in [3.05, 3.63) is 27.9 Å². The lowest BCUT2D eigenvalue weighted by molar-refractivity contribution is 0.0522. The van der Waals surface area contributed by atoms with Gasteiger partial charge in [-0.1, -0.05) is 6.92 Å².